The highest BCUT2D eigenvalue weighted by Gasteiger charge is 2.50. The number of carboxylic acid groups (broad SMARTS) is 2. The third-order valence-corrected chi connectivity index (χ3v) is 6.37. The van der Waals surface area contributed by atoms with Crippen molar-refractivity contribution in [2.75, 3.05) is 24.5 Å². The smallest absolute Gasteiger partial charge is 0.290 e. The van der Waals surface area contributed by atoms with Crippen LogP contribution in [-0.2, 0) is 31.5 Å². The van der Waals surface area contributed by atoms with E-state index in [1.807, 2.05) is 6.07 Å². The first-order chi connectivity index (χ1) is 14.3. The van der Waals surface area contributed by atoms with Crippen molar-refractivity contribution < 1.29 is 33.0 Å². The topological polar surface area (TPSA) is 163 Å². The lowest BCUT2D eigenvalue weighted by molar-refractivity contribution is -0.123. The molecule has 162 valence electrons. The van der Waals surface area contributed by atoms with Gasteiger partial charge in [-0.15, -0.1) is 0 Å². The molecule has 2 saturated heterocycles. The van der Waals surface area contributed by atoms with Crippen molar-refractivity contribution in [1.29, 1.82) is 0 Å². The number of imidazole rings is 1. The molecule has 30 heavy (non-hydrogen) atoms. The van der Waals surface area contributed by atoms with Crippen molar-refractivity contribution in [2.24, 2.45) is 18.9 Å². The highest BCUT2D eigenvalue weighted by Crippen LogP contribution is 2.36. The van der Waals surface area contributed by atoms with E-state index in [1.165, 1.54) is 16.8 Å². The van der Waals surface area contributed by atoms with Crippen molar-refractivity contribution in [3.8, 4) is 0 Å². The number of carbonyl (C=O) groups is 3. The summed E-state index contributed by atoms with van der Waals surface area (Å²) in [6.45, 7) is 0.564. The first-order valence-electron chi connectivity index (χ1n) is 8.65. The zero-order valence-corrected chi connectivity index (χ0v) is 16.8. The predicted octanol–water partition coefficient (Wildman–Crippen LogP) is -0.500. The largest absolute Gasteiger partial charge is 0.483 e. The van der Waals surface area contributed by atoms with Crippen LogP contribution in [0.1, 0.15) is 0 Å². The van der Waals surface area contributed by atoms with Gasteiger partial charge in [-0.25, -0.2) is 13.4 Å². The molecule has 2 aromatic heterocycles. The summed E-state index contributed by atoms with van der Waals surface area (Å²) < 4.78 is 28.3. The van der Waals surface area contributed by atoms with Crippen molar-refractivity contribution >= 4 is 34.6 Å². The fourth-order valence-electron chi connectivity index (χ4n) is 3.42. The van der Waals surface area contributed by atoms with Gasteiger partial charge < -0.3 is 19.7 Å². The molecule has 2 aliphatic rings. The number of nitrogens with zero attached hydrogens (tertiary/aromatic N) is 5. The first kappa shape index (κ1) is 23.0. The Labute approximate surface area is 172 Å². The van der Waals surface area contributed by atoms with E-state index in [9.17, 15) is 13.2 Å². The molecule has 0 bridgehead atoms. The first-order valence-corrected chi connectivity index (χ1v) is 10.1. The number of hydrogen-bond donors (Lipinski definition) is 2. The number of fused-ring (bicyclic) bond motifs is 1. The van der Waals surface area contributed by atoms with Gasteiger partial charge in [0.25, 0.3) is 23.0 Å². The molecule has 4 heterocycles. The summed E-state index contributed by atoms with van der Waals surface area (Å²) in [7, 11) is -1.92. The number of amides is 1. The van der Waals surface area contributed by atoms with E-state index in [4.69, 9.17) is 19.8 Å². The number of carbonyl (C=O) groups excluding carboxylic acids is 1. The fourth-order valence-corrected chi connectivity index (χ4v) is 4.91. The molecule has 0 radical (unpaired) electrons. The maximum Gasteiger partial charge on any atom is 0.290 e. The molecule has 1 amide bonds. The number of pyridine rings is 1. The van der Waals surface area contributed by atoms with Crippen LogP contribution in [0.2, 0.25) is 0 Å². The quantitative estimate of drug-likeness (QED) is 0.600. The maximum atomic E-state index is 12.7. The average molecular weight is 439 g/mol. The maximum absolute atomic E-state index is 12.7. The van der Waals surface area contributed by atoms with Gasteiger partial charge >= 0.3 is 0 Å². The second-order valence-corrected chi connectivity index (χ2v) is 8.32. The van der Waals surface area contributed by atoms with Gasteiger partial charge in [0.05, 0.1) is 24.1 Å². The van der Waals surface area contributed by atoms with Gasteiger partial charge in [0.2, 0.25) is 5.91 Å². The summed E-state index contributed by atoms with van der Waals surface area (Å²) in [6, 6.07) is 3.63. The van der Waals surface area contributed by atoms with Gasteiger partial charge in [0, 0.05) is 45.0 Å². The Balaban J connectivity index is 0.000000480. The number of aromatic nitrogens is 3. The molecular weight excluding hydrogens is 418 g/mol. The minimum Gasteiger partial charge on any atom is -0.483 e. The highest BCUT2D eigenvalue weighted by molar-refractivity contribution is 7.89. The molecule has 2 aliphatic heterocycles. The van der Waals surface area contributed by atoms with Crippen LogP contribution in [-0.4, -0.2) is 76.0 Å². The molecule has 2 aromatic rings. The van der Waals surface area contributed by atoms with Crippen LogP contribution in [0.3, 0.4) is 0 Å². The summed E-state index contributed by atoms with van der Waals surface area (Å²) in [5.41, 5.74) is 0.760. The van der Waals surface area contributed by atoms with Crippen LogP contribution in [0.25, 0.3) is 0 Å². The Bertz CT molecular complexity index is 973. The zero-order valence-electron chi connectivity index (χ0n) is 16.0. The standard InChI is InChI=1S/C15H17N5O3S.2CH2O2/c1-18-9-14(17-10-18)24(22,23)19-6-11-7-20(15(21)13(11)8-19)12-3-2-4-16-5-12;2*2-1-3/h2-5,9-11,13H,6-8H2,1H3;2*1H,(H,2,3)/t11-,13-;;/m0../s1. The van der Waals surface area contributed by atoms with Gasteiger partial charge in [0.1, 0.15) is 0 Å². The van der Waals surface area contributed by atoms with Crippen molar-refractivity contribution in [1.82, 2.24) is 18.8 Å². The van der Waals surface area contributed by atoms with Gasteiger partial charge in [-0.1, -0.05) is 0 Å². The van der Waals surface area contributed by atoms with Crippen LogP contribution in [0.5, 0.6) is 0 Å². The lowest BCUT2D eigenvalue weighted by Crippen LogP contribution is -2.35. The molecule has 0 spiro atoms. The van der Waals surface area contributed by atoms with E-state index in [0.717, 1.165) is 5.69 Å². The number of rotatable bonds is 3. The van der Waals surface area contributed by atoms with Crippen LogP contribution in [0.4, 0.5) is 5.69 Å². The van der Waals surface area contributed by atoms with Crippen LogP contribution >= 0.6 is 0 Å². The predicted molar refractivity (Wildman–Crippen MR) is 103 cm³/mol. The Morgan fingerprint density at radius 2 is 1.83 bits per heavy atom. The highest BCUT2D eigenvalue weighted by atomic mass is 32.2. The number of anilines is 1. The van der Waals surface area contributed by atoms with E-state index in [1.54, 1.807) is 35.0 Å². The number of aryl methyl sites for hydroxylation is 1. The summed E-state index contributed by atoms with van der Waals surface area (Å²) in [5, 5.41) is 13.8. The molecule has 2 N–H and O–H groups in total. The summed E-state index contributed by atoms with van der Waals surface area (Å²) in [5.74, 6) is -0.341. The normalized spacial score (nSPS) is 20.4. The van der Waals surface area contributed by atoms with Gasteiger partial charge in [0.15, 0.2) is 5.03 Å². The van der Waals surface area contributed by atoms with Crippen molar-refractivity contribution in [2.45, 2.75) is 5.03 Å². The molecular formula is C17H21N5O7S. The van der Waals surface area contributed by atoms with Gasteiger partial charge in [-0.05, 0) is 12.1 Å². The van der Waals surface area contributed by atoms with E-state index >= 15 is 0 Å². The lowest BCUT2D eigenvalue weighted by atomic mass is 10.0. The molecule has 0 unspecified atom stereocenters. The molecule has 4 rings (SSSR count). The Kier molecular flexibility index (Phi) is 7.60. The molecule has 0 aliphatic carbocycles. The molecule has 2 fully saturated rings. The van der Waals surface area contributed by atoms with Crippen molar-refractivity contribution in [3.05, 3.63) is 37.1 Å². The monoisotopic (exact) mass is 439 g/mol. The minimum atomic E-state index is -3.65. The third kappa shape index (κ3) is 4.80. The van der Waals surface area contributed by atoms with Crippen LogP contribution in [0.15, 0.2) is 42.1 Å². The second kappa shape index (κ2) is 9.93. The Hall–Kier alpha value is -3.32. The molecule has 13 heteroatoms. The average Bonchev–Trinajstić information content (AvgIpc) is 3.41. The van der Waals surface area contributed by atoms with E-state index < -0.39 is 10.0 Å². The summed E-state index contributed by atoms with van der Waals surface area (Å²) in [4.78, 5) is 39.1. The number of hydrogen-bond acceptors (Lipinski definition) is 7. The lowest BCUT2D eigenvalue weighted by Gasteiger charge is -2.20. The van der Waals surface area contributed by atoms with Crippen LogP contribution in [0, 0.1) is 11.8 Å². The van der Waals surface area contributed by atoms with E-state index in [0.29, 0.717) is 13.1 Å². The van der Waals surface area contributed by atoms with Gasteiger partial charge in [-0.2, -0.15) is 4.31 Å². The molecule has 0 aromatic carbocycles. The summed E-state index contributed by atoms with van der Waals surface area (Å²) >= 11 is 0. The third-order valence-electron chi connectivity index (χ3n) is 4.65. The van der Waals surface area contributed by atoms with Crippen LogP contribution < -0.4 is 4.90 Å². The fraction of sp³-hybridized carbons (Fsp3) is 0.353. The Morgan fingerprint density at radius 1 is 1.17 bits per heavy atom. The SMILES string of the molecule is Cn1cnc(S(=O)(=O)N2C[C@H]3CN(c4cccnc4)C(=O)[C@H]3C2)c1.O=CO.O=CO. The Morgan fingerprint density at radius 3 is 2.33 bits per heavy atom. The van der Waals surface area contributed by atoms with E-state index in [2.05, 4.69) is 9.97 Å². The zero-order chi connectivity index (χ0) is 22.3. The number of sulfonamides is 1. The summed E-state index contributed by atoms with van der Waals surface area (Å²) in [6.07, 6.45) is 6.25. The molecule has 12 nitrogen and oxygen atoms in total. The van der Waals surface area contributed by atoms with Gasteiger partial charge in [-0.3, -0.25) is 19.4 Å². The molecule has 2 atom stereocenters. The second-order valence-electron chi connectivity index (χ2n) is 6.44. The van der Waals surface area contributed by atoms with E-state index in [-0.39, 0.29) is 42.3 Å². The van der Waals surface area contributed by atoms with Crippen molar-refractivity contribution in [3.63, 3.8) is 0 Å². The minimum absolute atomic E-state index is 0.00352. The molecule has 0 saturated carbocycles.